The average Bonchev–Trinajstić information content (AvgIpc) is 3.25. The molecule has 2 aromatic heterocycles. The average molecular weight is 436 g/mol. The molecule has 3 heterocycles. The maximum atomic E-state index is 13.3. The molecule has 0 saturated carbocycles. The van der Waals surface area contributed by atoms with Crippen LogP contribution in [-0.2, 0) is 0 Å². The Bertz CT molecular complexity index is 1270. The molecule has 5 rings (SSSR count). The first kappa shape index (κ1) is 20.4. The summed E-state index contributed by atoms with van der Waals surface area (Å²) in [6.07, 6.45) is 0. The Hall–Kier alpha value is -3.46. The van der Waals surface area contributed by atoms with Crippen molar-refractivity contribution in [1.82, 2.24) is 24.5 Å². The van der Waals surface area contributed by atoms with Gasteiger partial charge in [-0.25, -0.2) is 14.4 Å². The van der Waals surface area contributed by atoms with Gasteiger partial charge in [0.2, 0.25) is 5.95 Å². The van der Waals surface area contributed by atoms with Crippen LogP contribution in [0.1, 0.15) is 25.7 Å². The number of nitrogens with zero attached hydrogens (tertiary/aromatic N) is 6. The third-order valence-electron chi connectivity index (χ3n) is 6.27. The number of anilines is 2. The second-order valence-corrected chi connectivity index (χ2v) is 8.22. The summed E-state index contributed by atoms with van der Waals surface area (Å²) in [7, 11) is 1.61. The van der Waals surface area contributed by atoms with Crippen LogP contribution in [-0.4, -0.2) is 57.3 Å². The lowest BCUT2D eigenvalue weighted by Gasteiger charge is -2.43. The van der Waals surface area contributed by atoms with Crippen molar-refractivity contribution >= 4 is 28.2 Å². The highest BCUT2D eigenvalue weighted by Gasteiger charge is 2.30. The summed E-state index contributed by atoms with van der Waals surface area (Å²) in [5.74, 6) is 1.42. The Morgan fingerprint density at radius 3 is 2.62 bits per heavy atom. The van der Waals surface area contributed by atoms with E-state index in [1.165, 1.54) is 12.1 Å². The van der Waals surface area contributed by atoms with Crippen LogP contribution in [0.15, 0.2) is 42.5 Å². The van der Waals surface area contributed by atoms with Crippen molar-refractivity contribution in [2.45, 2.75) is 25.9 Å². The predicted octanol–water partition coefficient (Wildman–Crippen LogP) is 3.28. The molecular weight excluding hydrogens is 409 g/mol. The monoisotopic (exact) mass is 435 g/mol. The summed E-state index contributed by atoms with van der Waals surface area (Å²) in [6, 6.07) is 12.7. The van der Waals surface area contributed by atoms with Crippen LogP contribution in [0, 0.1) is 5.82 Å². The Morgan fingerprint density at radius 2 is 1.91 bits per heavy atom. The van der Waals surface area contributed by atoms with Crippen molar-refractivity contribution in [2.75, 3.05) is 37.4 Å². The molecule has 4 aromatic rings. The van der Waals surface area contributed by atoms with E-state index in [4.69, 9.17) is 20.6 Å². The maximum absolute atomic E-state index is 13.3. The number of hydrogen-bond donors (Lipinski definition) is 1. The molecule has 1 unspecified atom stereocenters. The van der Waals surface area contributed by atoms with Gasteiger partial charge in [0, 0.05) is 36.7 Å². The highest BCUT2D eigenvalue weighted by Crippen LogP contribution is 2.30. The zero-order valence-corrected chi connectivity index (χ0v) is 18.4. The third kappa shape index (κ3) is 3.38. The number of hydrogen-bond acceptors (Lipinski definition) is 7. The predicted molar refractivity (Wildman–Crippen MR) is 122 cm³/mol. The van der Waals surface area contributed by atoms with Crippen LogP contribution in [0.3, 0.4) is 0 Å². The lowest BCUT2D eigenvalue weighted by Crippen LogP contribution is -2.52. The largest absolute Gasteiger partial charge is 0.494 e. The van der Waals surface area contributed by atoms with Gasteiger partial charge in [0.1, 0.15) is 17.1 Å². The number of fused-ring (bicyclic) bond motifs is 3. The highest BCUT2D eigenvalue weighted by atomic mass is 19.1. The molecular formula is C23H26FN7O. The molecule has 2 aromatic carbocycles. The summed E-state index contributed by atoms with van der Waals surface area (Å²) in [5, 5.41) is 5.54. The van der Waals surface area contributed by atoms with Gasteiger partial charge < -0.3 is 15.4 Å². The number of methoxy groups -OCH3 is 1. The molecule has 1 saturated heterocycles. The van der Waals surface area contributed by atoms with Crippen molar-refractivity contribution in [3.63, 3.8) is 0 Å². The van der Waals surface area contributed by atoms with Crippen LogP contribution in [0.25, 0.3) is 16.6 Å². The van der Waals surface area contributed by atoms with Crippen molar-refractivity contribution in [3.8, 4) is 5.75 Å². The Balaban J connectivity index is 1.43. The standard InChI is InChI=1S/C23H26FN7O/c1-14-13-29(17-9-7-16(24)8-10-17)11-12-30(14)15(2)21-27-22-18-5-4-6-19(32-3)20(18)26-23(25)31(22)28-21/h4-10,14-15H,11-13H2,1-3H3,(H2,25,26)/t14-,15?/m1/s1. The molecule has 0 bridgehead atoms. The van der Waals surface area contributed by atoms with Crippen LogP contribution in [0.5, 0.6) is 5.75 Å². The molecule has 1 aliphatic heterocycles. The molecule has 32 heavy (non-hydrogen) atoms. The van der Waals surface area contributed by atoms with E-state index < -0.39 is 0 Å². The van der Waals surface area contributed by atoms with Gasteiger partial charge in [0.05, 0.1) is 13.2 Å². The molecule has 9 heteroatoms. The van der Waals surface area contributed by atoms with E-state index in [2.05, 4.69) is 28.6 Å². The SMILES string of the molecule is COc1cccc2c1nc(N)n1nc(C(C)N3CCN(c4ccc(F)cc4)C[C@H]3C)nc21. The van der Waals surface area contributed by atoms with Crippen molar-refractivity contribution < 1.29 is 9.13 Å². The van der Waals surface area contributed by atoms with Crippen molar-refractivity contribution in [2.24, 2.45) is 0 Å². The quantitative estimate of drug-likeness (QED) is 0.527. The Labute approximate surface area is 185 Å². The maximum Gasteiger partial charge on any atom is 0.223 e. The zero-order chi connectivity index (χ0) is 22.4. The summed E-state index contributed by atoms with van der Waals surface area (Å²) >= 11 is 0. The van der Waals surface area contributed by atoms with Gasteiger partial charge in [-0.1, -0.05) is 6.07 Å². The van der Waals surface area contributed by atoms with Crippen molar-refractivity contribution in [3.05, 3.63) is 54.1 Å². The molecule has 0 amide bonds. The van der Waals surface area contributed by atoms with E-state index in [0.717, 1.165) is 30.7 Å². The van der Waals surface area contributed by atoms with Crippen molar-refractivity contribution in [1.29, 1.82) is 0 Å². The Kier molecular flexibility index (Phi) is 5.05. The number of aromatic nitrogens is 4. The number of ether oxygens (including phenoxy) is 1. The molecule has 0 radical (unpaired) electrons. The number of para-hydroxylation sites is 1. The topological polar surface area (TPSA) is 84.8 Å². The van der Waals surface area contributed by atoms with Gasteiger partial charge in [0.25, 0.3) is 0 Å². The minimum Gasteiger partial charge on any atom is -0.494 e. The molecule has 0 aliphatic carbocycles. The number of benzene rings is 2. The van der Waals surface area contributed by atoms with E-state index in [1.807, 2.05) is 30.3 Å². The van der Waals surface area contributed by atoms with Crippen LogP contribution in [0.4, 0.5) is 16.0 Å². The van der Waals surface area contributed by atoms with Gasteiger partial charge in [-0.05, 0) is 50.2 Å². The lowest BCUT2D eigenvalue weighted by molar-refractivity contribution is 0.133. The fourth-order valence-corrected chi connectivity index (χ4v) is 4.57. The van der Waals surface area contributed by atoms with E-state index in [1.54, 1.807) is 11.6 Å². The summed E-state index contributed by atoms with van der Waals surface area (Å²) < 4.78 is 20.3. The fourth-order valence-electron chi connectivity index (χ4n) is 4.57. The molecule has 2 atom stereocenters. The minimum absolute atomic E-state index is 0.000301. The first-order valence-corrected chi connectivity index (χ1v) is 10.7. The lowest BCUT2D eigenvalue weighted by atomic mass is 10.1. The van der Waals surface area contributed by atoms with E-state index in [-0.39, 0.29) is 23.8 Å². The summed E-state index contributed by atoms with van der Waals surface area (Å²) in [5.41, 5.74) is 8.59. The van der Waals surface area contributed by atoms with Crippen LogP contribution >= 0.6 is 0 Å². The summed E-state index contributed by atoms with van der Waals surface area (Å²) in [4.78, 5) is 14.0. The van der Waals surface area contributed by atoms with Gasteiger partial charge in [-0.3, -0.25) is 4.90 Å². The molecule has 166 valence electrons. The first-order valence-electron chi connectivity index (χ1n) is 10.7. The Morgan fingerprint density at radius 1 is 1.12 bits per heavy atom. The molecule has 1 aliphatic rings. The first-order chi connectivity index (χ1) is 15.5. The zero-order valence-electron chi connectivity index (χ0n) is 18.4. The molecule has 2 N–H and O–H groups in total. The minimum atomic E-state index is -0.217. The third-order valence-corrected chi connectivity index (χ3v) is 6.27. The number of halogens is 1. The normalized spacial score (nSPS) is 18.4. The summed E-state index contributed by atoms with van der Waals surface area (Å²) in [6.45, 7) is 6.84. The van der Waals surface area contributed by atoms with Gasteiger partial charge in [-0.2, -0.15) is 4.52 Å². The second-order valence-electron chi connectivity index (χ2n) is 8.22. The smallest absolute Gasteiger partial charge is 0.223 e. The second kappa shape index (κ2) is 7.90. The number of nitrogen functional groups attached to an aromatic ring is 1. The van der Waals surface area contributed by atoms with E-state index in [9.17, 15) is 4.39 Å². The van der Waals surface area contributed by atoms with Gasteiger partial charge in [0.15, 0.2) is 11.5 Å². The highest BCUT2D eigenvalue weighted by molar-refractivity contribution is 5.95. The number of piperazine rings is 1. The van der Waals surface area contributed by atoms with Gasteiger partial charge in [-0.15, -0.1) is 5.10 Å². The number of rotatable bonds is 4. The molecule has 0 spiro atoms. The fraction of sp³-hybridized carbons (Fsp3) is 0.348. The molecule has 8 nitrogen and oxygen atoms in total. The number of nitrogens with two attached hydrogens (primary N) is 1. The molecule has 1 fully saturated rings. The van der Waals surface area contributed by atoms with Crippen LogP contribution < -0.4 is 15.4 Å². The van der Waals surface area contributed by atoms with E-state index in [0.29, 0.717) is 22.7 Å². The van der Waals surface area contributed by atoms with E-state index >= 15 is 0 Å². The van der Waals surface area contributed by atoms with Crippen LogP contribution in [0.2, 0.25) is 0 Å². The van der Waals surface area contributed by atoms with Gasteiger partial charge >= 0.3 is 0 Å².